The highest BCUT2D eigenvalue weighted by Crippen LogP contribution is 2.44. The lowest BCUT2D eigenvalue weighted by Gasteiger charge is -2.44. The molecule has 88 valence electrons. The van der Waals surface area contributed by atoms with E-state index in [4.69, 9.17) is 4.43 Å². The van der Waals surface area contributed by atoms with Crippen molar-refractivity contribution in [2.45, 2.75) is 44.5 Å². The third kappa shape index (κ3) is 2.52. The quantitative estimate of drug-likeness (QED) is 0.802. The average molecular weight is 301 g/mol. The van der Waals surface area contributed by atoms with E-state index in [9.17, 15) is 0 Å². The number of rotatable bonds is 3. The van der Waals surface area contributed by atoms with Crippen LogP contribution >= 0.6 is 15.9 Å². The van der Waals surface area contributed by atoms with Gasteiger partial charge in [-0.3, -0.25) is 0 Å². The molecule has 0 aliphatic heterocycles. The van der Waals surface area contributed by atoms with Gasteiger partial charge in [0.25, 0.3) is 0 Å². The lowest BCUT2D eigenvalue weighted by molar-refractivity contribution is -0.0281. The second kappa shape index (κ2) is 4.20. The highest BCUT2D eigenvalue weighted by Gasteiger charge is 2.45. The van der Waals surface area contributed by atoms with E-state index in [-0.39, 0.29) is 5.60 Å². The Morgan fingerprint density at radius 3 is 2.19 bits per heavy atom. The monoisotopic (exact) mass is 300 g/mol. The number of halogens is 1. The van der Waals surface area contributed by atoms with Crippen LogP contribution in [0.5, 0.6) is 0 Å². The minimum Gasteiger partial charge on any atom is -0.405 e. The van der Waals surface area contributed by atoms with Crippen LogP contribution in [-0.2, 0) is 10.0 Å². The Balaban J connectivity index is 2.24. The normalized spacial score (nSPS) is 19.2. The van der Waals surface area contributed by atoms with E-state index in [2.05, 4.69) is 45.5 Å². The second-order valence-electron chi connectivity index (χ2n) is 5.29. The van der Waals surface area contributed by atoms with E-state index >= 15 is 0 Å². The first-order valence-electron chi connectivity index (χ1n) is 5.60. The van der Waals surface area contributed by atoms with Crippen molar-refractivity contribution < 1.29 is 4.43 Å². The molecule has 1 saturated carbocycles. The molecule has 0 radical (unpaired) electrons. The van der Waals surface area contributed by atoms with Crippen LogP contribution in [0, 0.1) is 0 Å². The van der Waals surface area contributed by atoms with Gasteiger partial charge in [-0.1, -0.05) is 0 Å². The van der Waals surface area contributed by atoms with Crippen molar-refractivity contribution >= 4 is 24.2 Å². The van der Waals surface area contributed by atoms with Crippen LogP contribution in [0.3, 0.4) is 0 Å². The van der Waals surface area contributed by atoms with E-state index in [1.807, 2.05) is 0 Å². The lowest BCUT2D eigenvalue weighted by atomic mass is 9.79. The van der Waals surface area contributed by atoms with E-state index in [0.717, 1.165) is 23.1 Å². The Labute approximate surface area is 106 Å². The van der Waals surface area contributed by atoms with Crippen LogP contribution in [-0.4, -0.2) is 18.3 Å². The molecule has 0 atom stereocenters. The fourth-order valence-corrected chi connectivity index (χ4v) is 3.68. The molecule has 0 bridgehead atoms. The van der Waals surface area contributed by atoms with Crippen molar-refractivity contribution in [1.82, 2.24) is 9.97 Å². The molecule has 0 unspecified atom stereocenters. The molecule has 16 heavy (non-hydrogen) atoms. The summed E-state index contributed by atoms with van der Waals surface area (Å²) in [5, 5.41) is 0. The molecule has 3 nitrogen and oxygen atoms in total. The van der Waals surface area contributed by atoms with Crippen LogP contribution < -0.4 is 0 Å². The van der Waals surface area contributed by atoms with Gasteiger partial charge in [0.05, 0.1) is 4.47 Å². The standard InChI is InChI=1S/C11H17BrN2OSi/c1-16(2,3)15-11(5-4-6-11)10-13-7-9(12)8-14-10/h7-8H,4-6H2,1-3H3. The zero-order valence-corrected chi connectivity index (χ0v) is 12.5. The van der Waals surface area contributed by atoms with Gasteiger partial charge in [0.2, 0.25) is 0 Å². The van der Waals surface area contributed by atoms with E-state index in [0.29, 0.717) is 0 Å². The van der Waals surface area contributed by atoms with Crippen molar-refractivity contribution in [3.05, 3.63) is 22.7 Å². The fourth-order valence-electron chi connectivity index (χ4n) is 2.00. The zero-order valence-electron chi connectivity index (χ0n) is 9.96. The van der Waals surface area contributed by atoms with Crippen molar-refractivity contribution in [2.75, 3.05) is 0 Å². The lowest BCUT2D eigenvalue weighted by Crippen LogP contribution is -2.46. The summed E-state index contributed by atoms with van der Waals surface area (Å²) in [6.45, 7) is 6.64. The molecule has 0 N–H and O–H groups in total. The summed E-state index contributed by atoms with van der Waals surface area (Å²) < 4.78 is 7.20. The Hall–Kier alpha value is -0.263. The van der Waals surface area contributed by atoms with Crippen molar-refractivity contribution in [3.8, 4) is 0 Å². The molecule has 1 aliphatic carbocycles. The molecule has 1 aliphatic rings. The van der Waals surface area contributed by atoms with E-state index in [1.54, 1.807) is 12.4 Å². The molecular formula is C11H17BrN2OSi. The predicted molar refractivity (Wildman–Crippen MR) is 69.7 cm³/mol. The average Bonchev–Trinajstić information content (AvgIpc) is 2.11. The largest absolute Gasteiger partial charge is 0.405 e. The maximum Gasteiger partial charge on any atom is 0.185 e. The number of hydrogen-bond donors (Lipinski definition) is 0. The van der Waals surface area contributed by atoms with Crippen LogP contribution in [0.2, 0.25) is 19.6 Å². The molecular weight excluding hydrogens is 284 g/mol. The first-order valence-corrected chi connectivity index (χ1v) is 9.80. The highest BCUT2D eigenvalue weighted by atomic mass is 79.9. The number of aromatic nitrogens is 2. The third-order valence-electron chi connectivity index (χ3n) is 2.69. The van der Waals surface area contributed by atoms with Crippen molar-refractivity contribution in [2.24, 2.45) is 0 Å². The van der Waals surface area contributed by atoms with Crippen molar-refractivity contribution in [3.63, 3.8) is 0 Å². The molecule has 0 aromatic carbocycles. The highest BCUT2D eigenvalue weighted by molar-refractivity contribution is 9.10. The Morgan fingerprint density at radius 1 is 1.25 bits per heavy atom. The van der Waals surface area contributed by atoms with Gasteiger partial charge in [-0.05, 0) is 54.8 Å². The minimum absolute atomic E-state index is 0.189. The van der Waals surface area contributed by atoms with Crippen molar-refractivity contribution in [1.29, 1.82) is 0 Å². The molecule has 0 spiro atoms. The first kappa shape index (κ1) is 12.2. The summed E-state index contributed by atoms with van der Waals surface area (Å²) in [5.41, 5.74) is -0.189. The Bertz CT molecular complexity index is 371. The van der Waals surface area contributed by atoms with Gasteiger partial charge in [0, 0.05) is 12.4 Å². The van der Waals surface area contributed by atoms with Gasteiger partial charge in [0.15, 0.2) is 14.1 Å². The molecule has 0 saturated heterocycles. The second-order valence-corrected chi connectivity index (χ2v) is 10.6. The van der Waals surface area contributed by atoms with E-state index < -0.39 is 8.32 Å². The molecule has 5 heteroatoms. The maximum absolute atomic E-state index is 6.29. The third-order valence-corrected chi connectivity index (χ3v) is 4.10. The molecule has 0 amide bonds. The minimum atomic E-state index is -1.55. The molecule has 1 fully saturated rings. The van der Waals surface area contributed by atoms with Gasteiger partial charge in [-0.25, -0.2) is 9.97 Å². The van der Waals surface area contributed by atoms with Gasteiger partial charge in [0.1, 0.15) is 5.60 Å². The summed E-state index contributed by atoms with van der Waals surface area (Å²) in [5.74, 6) is 0.851. The predicted octanol–water partition coefficient (Wildman–Crippen LogP) is 3.47. The maximum atomic E-state index is 6.29. The van der Waals surface area contributed by atoms with Crippen LogP contribution in [0.15, 0.2) is 16.9 Å². The molecule has 1 aromatic heterocycles. The Kier molecular flexibility index (Phi) is 3.20. The Morgan fingerprint density at radius 2 is 1.81 bits per heavy atom. The van der Waals surface area contributed by atoms with Gasteiger partial charge >= 0.3 is 0 Å². The summed E-state index contributed by atoms with van der Waals surface area (Å²) in [6.07, 6.45) is 6.92. The van der Waals surface area contributed by atoms with Gasteiger partial charge < -0.3 is 4.43 Å². The van der Waals surface area contributed by atoms with Gasteiger partial charge in [-0.15, -0.1) is 0 Å². The number of nitrogens with zero attached hydrogens (tertiary/aromatic N) is 2. The molecule has 2 rings (SSSR count). The first-order chi connectivity index (χ1) is 7.41. The van der Waals surface area contributed by atoms with Crippen LogP contribution in [0.4, 0.5) is 0 Å². The summed E-state index contributed by atoms with van der Waals surface area (Å²) in [4.78, 5) is 8.79. The topological polar surface area (TPSA) is 35.0 Å². The number of hydrogen-bond acceptors (Lipinski definition) is 3. The van der Waals surface area contributed by atoms with Crippen LogP contribution in [0.1, 0.15) is 25.1 Å². The fraction of sp³-hybridized carbons (Fsp3) is 0.636. The van der Waals surface area contributed by atoms with E-state index in [1.165, 1.54) is 6.42 Å². The summed E-state index contributed by atoms with van der Waals surface area (Å²) in [6, 6.07) is 0. The summed E-state index contributed by atoms with van der Waals surface area (Å²) in [7, 11) is -1.55. The molecule has 1 heterocycles. The SMILES string of the molecule is C[Si](C)(C)OC1(c2ncc(Br)cn2)CCC1. The zero-order chi connectivity index (χ0) is 11.8. The van der Waals surface area contributed by atoms with Crippen LogP contribution in [0.25, 0.3) is 0 Å². The van der Waals surface area contributed by atoms with Gasteiger partial charge in [-0.2, -0.15) is 0 Å². The smallest absolute Gasteiger partial charge is 0.185 e. The molecule has 1 aromatic rings. The summed E-state index contributed by atoms with van der Waals surface area (Å²) >= 11 is 3.36.